The highest BCUT2D eigenvalue weighted by Gasteiger charge is 2.05. The highest BCUT2D eigenvalue weighted by atomic mass is 79.9. The molecule has 1 aromatic heterocycles. The van der Waals surface area contributed by atoms with Crippen molar-refractivity contribution in [2.45, 2.75) is 6.61 Å². The van der Waals surface area contributed by atoms with Crippen LogP contribution in [0.2, 0.25) is 0 Å². The van der Waals surface area contributed by atoms with Crippen LogP contribution in [-0.4, -0.2) is 13.1 Å². The summed E-state index contributed by atoms with van der Waals surface area (Å²) in [5.41, 5.74) is 0.538. The van der Waals surface area contributed by atoms with Gasteiger partial charge in [0.15, 0.2) is 16.2 Å². The molecule has 2 aromatic rings. The van der Waals surface area contributed by atoms with Crippen LogP contribution in [-0.2, 0) is 16.1 Å². The topological polar surface area (TPSA) is 48.7 Å². The maximum absolute atomic E-state index is 13.5. The number of methoxy groups -OCH3 is 1. The quantitative estimate of drug-likeness (QED) is 0.602. The van der Waals surface area contributed by atoms with E-state index in [1.54, 1.807) is 18.2 Å². The molecular weight excluding hydrogens is 343 g/mol. The number of hydrogen-bond acceptors (Lipinski definition) is 4. The lowest BCUT2D eigenvalue weighted by molar-refractivity contribution is -0.138. The molecule has 0 aliphatic carbocycles. The van der Waals surface area contributed by atoms with E-state index < -0.39 is 11.8 Å². The number of esters is 1. The lowest BCUT2D eigenvalue weighted by Gasteiger charge is -2.05. The van der Waals surface area contributed by atoms with Crippen molar-refractivity contribution in [3.8, 4) is 5.75 Å². The first kappa shape index (κ1) is 15.3. The predicted octanol–water partition coefficient (Wildman–Crippen LogP) is 3.95. The van der Waals surface area contributed by atoms with Crippen molar-refractivity contribution in [2.75, 3.05) is 7.11 Å². The van der Waals surface area contributed by atoms with E-state index in [4.69, 9.17) is 13.9 Å². The van der Waals surface area contributed by atoms with Crippen molar-refractivity contribution in [1.82, 2.24) is 0 Å². The first-order valence-corrected chi connectivity index (χ1v) is 6.80. The summed E-state index contributed by atoms with van der Waals surface area (Å²) in [6, 6.07) is 7.79. The number of halogens is 2. The molecule has 0 bridgehead atoms. The van der Waals surface area contributed by atoms with Crippen LogP contribution >= 0.6 is 15.9 Å². The Morgan fingerprint density at radius 3 is 2.81 bits per heavy atom. The van der Waals surface area contributed by atoms with Crippen LogP contribution in [0.25, 0.3) is 6.08 Å². The third kappa shape index (κ3) is 4.46. The summed E-state index contributed by atoms with van der Waals surface area (Å²) >= 11 is 3.16. The van der Waals surface area contributed by atoms with Crippen molar-refractivity contribution in [2.24, 2.45) is 0 Å². The second-order valence-corrected chi connectivity index (χ2v) is 4.83. The van der Waals surface area contributed by atoms with Gasteiger partial charge in [-0.05, 0) is 51.8 Å². The van der Waals surface area contributed by atoms with Crippen molar-refractivity contribution >= 4 is 28.0 Å². The Morgan fingerprint density at radius 2 is 2.19 bits per heavy atom. The monoisotopic (exact) mass is 354 g/mol. The van der Waals surface area contributed by atoms with Gasteiger partial charge in [0.25, 0.3) is 0 Å². The number of hydrogen-bond donors (Lipinski definition) is 0. The first-order chi connectivity index (χ1) is 10.1. The molecule has 0 fully saturated rings. The summed E-state index contributed by atoms with van der Waals surface area (Å²) in [6.07, 6.45) is 2.73. The van der Waals surface area contributed by atoms with Crippen LogP contribution in [0.1, 0.15) is 11.3 Å². The minimum Gasteiger partial charge on any atom is -0.494 e. The second-order valence-electron chi connectivity index (χ2n) is 4.05. The first-order valence-electron chi connectivity index (χ1n) is 6.01. The summed E-state index contributed by atoms with van der Waals surface area (Å²) in [6.45, 7) is -0.0219. The van der Waals surface area contributed by atoms with Gasteiger partial charge in [-0.25, -0.2) is 9.18 Å². The third-order valence-electron chi connectivity index (χ3n) is 2.57. The SMILES string of the molecule is COc1ccc(COC(=O)/C=C/c2ccc(Br)o2)cc1F. The Balaban J connectivity index is 1.89. The van der Waals surface area contributed by atoms with E-state index in [9.17, 15) is 9.18 Å². The lowest BCUT2D eigenvalue weighted by Crippen LogP contribution is -2.01. The van der Waals surface area contributed by atoms with E-state index >= 15 is 0 Å². The average molecular weight is 355 g/mol. The van der Waals surface area contributed by atoms with E-state index in [2.05, 4.69) is 15.9 Å². The van der Waals surface area contributed by atoms with Crippen molar-refractivity contribution in [3.05, 3.63) is 58.2 Å². The van der Waals surface area contributed by atoms with Gasteiger partial charge in [0, 0.05) is 6.08 Å². The van der Waals surface area contributed by atoms with Crippen LogP contribution < -0.4 is 4.74 Å². The zero-order chi connectivity index (χ0) is 15.2. The zero-order valence-corrected chi connectivity index (χ0v) is 12.7. The second kappa shape index (κ2) is 7.08. The van der Waals surface area contributed by atoms with Crippen molar-refractivity contribution in [3.63, 3.8) is 0 Å². The van der Waals surface area contributed by atoms with Crippen molar-refractivity contribution in [1.29, 1.82) is 0 Å². The molecule has 110 valence electrons. The fourth-order valence-electron chi connectivity index (χ4n) is 1.57. The summed E-state index contributed by atoms with van der Waals surface area (Å²) < 4.78 is 29.0. The predicted molar refractivity (Wildman–Crippen MR) is 78.2 cm³/mol. The van der Waals surface area contributed by atoms with E-state index in [0.29, 0.717) is 16.0 Å². The minimum atomic E-state index is -0.543. The molecule has 0 amide bonds. The molecule has 0 radical (unpaired) electrons. The van der Waals surface area contributed by atoms with E-state index in [0.717, 1.165) is 0 Å². The van der Waals surface area contributed by atoms with Gasteiger partial charge in [-0.1, -0.05) is 6.07 Å². The van der Waals surface area contributed by atoms with Gasteiger partial charge in [0.05, 0.1) is 7.11 Å². The molecule has 0 atom stereocenters. The molecule has 0 aliphatic rings. The highest BCUT2D eigenvalue weighted by molar-refractivity contribution is 9.10. The van der Waals surface area contributed by atoms with Gasteiger partial charge in [0.1, 0.15) is 12.4 Å². The molecule has 2 rings (SSSR count). The molecule has 4 nitrogen and oxygen atoms in total. The molecule has 1 aromatic carbocycles. The Hall–Kier alpha value is -2.08. The molecule has 0 saturated carbocycles. The largest absolute Gasteiger partial charge is 0.494 e. The number of rotatable bonds is 5. The summed E-state index contributed by atoms with van der Waals surface area (Å²) in [5, 5.41) is 0. The van der Waals surface area contributed by atoms with Gasteiger partial charge in [-0.15, -0.1) is 0 Å². The normalized spacial score (nSPS) is 10.8. The van der Waals surface area contributed by atoms with Gasteiger partial charge < -0.3 is 13.9 Å². The van der Waals surface area contributed by atoms with Crippen LogP contribution in [0.5, 0.6) is 5.75 Å². The Labute approximate surface area is 129 Å². The van der Waals surface area contributed by atoms with Crippen LogP contribution in [0.3, 0.4) is 0 Å². The molecule has 1 heterocycles. The standard InChI is InChI=1S/C15H12BrFO4/c1-19-13-5-2-10(8-12(13)17)9-20-15(18)7-4-11-3-6-14(16)21-11/h2-8H,9H2,1H3/b7-4+. The van der Waals surface area contributed by atoms with Gasteiger partial charge >= 0.3 is 5.97 Å². The molecular formula is C15H12BrFO4. The molecule has 6 heteroatoms. The van der Waals surface area contributed by atoms with E-state index in [1.807, 2.05) is 0 Å². The van der Waals surface area contributed by atoms with Crippen LogP contribution in [0, 0.1) is 5.82 Å². The number of carbonyl (C=O) groups excluding carboxylic acids is 1. The molecule has 0 unspecified atom stereocenters. The summed E-state index contributed by atoms with van der Waals surface area (Å²) in [4.78, 5) is 11.5. The number of benzene rings is 1. The van der Waals surface area contributed by atoms with Gasteiger partial charge in [-0.3, -0.25) is 0 Å². The van der Waals surface area contributed by atoms with Gasteiger partial charge in [-0.2, -0.15) is 0 Å². The average Bonchev–Trinajstić information content (AvgIpc) is 2.89. The maximum atomic E-state index is 13.5. The zero-order valence-electron chi connectivity index (χ0n) is 11.1. The van der Waals surface area contributed by atoms with Crippen molar-refractivity contribution < 1.29 is 23.1 Å². The fraction of sp³-hybridized carbons (Fsp3) is 0.133. The fourth-order valence-corrected chi connectivity index (χ4v) is 1.89. The lowest BCUT2D eigenvalue weighted by atomic mass is 10.2. The summed E-state index contributed by atoms with van der Waals surface area (Å²) in [7, 11) is 1.38. The molecule has 0 saturated heterocycles. The van der Waals surface area contributed by atoms with Gasteiger partial charge in [0.2, 0.25) is 0 Å². The third-order valence-corrected chi connectivity index (χ3v) is 3.00. The Kier molecular flexibility index (Phi) is 5.16. The molecule has 0 spiro atoms. The molecule has 0 aliphatic heterocycles. The maximum Gasteiger partial charge on any atom is 0.331 e. The smallest absolute Gasteiger partial charge is 0.331 e. The van der Waals surface area contributed by atoms with Crippen LogP contribution in [0.4, 0.5) is 4.39 Å². The molecule has 0 N–H and O–H groups in total. The number of ether oxygens (including phenoxy) is 2. The Morgan fingerprint density at radius 1 is 1.38 bits per heavy atom. The van der Waals surface area contributed by atoms with E-state index in [-0.39, 0.29) is 12.4 Å². The van der Waals surface area contributed by atoms with E-state index in [1.165, 1.54) is 31.4 Å². The number of furan rings is 1. The molecule has 21 heavy (non-hydrogen) atoms. The highest BCUT2D eigenvalue weighted by Crippen LogP contribution is 2.18. The Bertz CT molecular complexity index is 663. The van der Waals surface area contributed by atoms with Crippen LogP contribution in [0.15, 0.2) is 45.5 Å². The number of carbonyl (C=O) groups is 1. The minimum absolute atomic E-state index is 0.0219. The summed E-state index contributed by atoms with van der Waals surface area (Å²) in [5.74, 6) is -0.372.